The Hall–Kier alpha value is -3.96. The average molecular weight is 612 g/mol. The van der Waals surface area contributed by atoms with E-state index in [4.69, 9.17) is 12.1 Å². The van der Waals surface area contributed by atoms with Gasteiger partial charge >= 0.3 is 6.03 Å². The molecule has 1 N–H and O–H groups in total. The zero-order valence-electron chi connectivity index (χ0n) is 27.9. The molecule has 45 heavy (non-hydrogen) atoms. The number of hydrogen-bond donors (Lipinski definition) is 1. The van der Waals surface area contributed by atoms with Crippen molar-refractivity contribution in [3.8, 4) is 0 Å². The second-order valence-corrected chi connectivity index (χ2v) is 12.4. The monoisotopic (exact) mass is 611 g/mol. The summed E-state index contributed by atoms with van der Waals surface area (Å²) in [6.45, 7) is 18.1. The number of urea groups is 1. The Morgan fingerprint density at radius 1 is 1.18 bits per heavy atom. The van der Waals surface area contributed by atoms with Crippen LogP contribution in [-0.4, -0.2) is 30.1 Å². The topological polar surface area (TPSA) is 90.3 Å². The van der Waals surface area contributed by atoms with Gasteiger partial charge in [-0.05, 0) is 118 Å². The number of carbonyl (C=O) groups is 1. The van der Waals surface area contributed by atoms with Gasteiger partial charge in [0.2, 0.25) is 0 Å². The van der Waals surface area contributed by atoms with Gasteiger partial charge < -0.3 is 15.1 Å². The fraction of sp³-hybridized carbons (Fsp3) is 0.500. The van der Waals surface area contributed by atoms with E-state index in [1.807, 2.05) is 6.08 Å². The number of amides is 2. The number of rotatable bonds is 9. The number of likely N-dealkylation sites (tertiary alicyclic amines) is 1. The van der Waals surface area contributed by atoms with Crippen molar-refractivity contribution in [3.05, 3.63) is 111 Å². The van der Waals surface area contributed by atoms with Crippen molar-refractivity contribution in [1.29, 1.82) is 0 Å². The Morgan fingerprint density at radius 3 is 2.56 bits per heavy atom. The number of allylic oxidation sites excluding steroid dienone is 9. The number of nitrogens with one attached hydrogen (secondary N) is 1. The lowest BCUT2D eigenvalue weighted by molar-refractivity contribution is 0.160. The molecule has 1 atom stereocenters. The number of unbranched alkanes of at least 4 members (excludes halogenated alkanes) is 1. The molecule has 1 heterocycles. The van der Waals surface area contributed by atoms with Crippen molar-refractivity contribution in [3.63, 3.8) is 0 Å². The molecule has 7 nitrogen and oxygen atoms in total. The van der Waals surface area contributed by atoms with Crippen molar-refractivity contribution in [2.75, 3.05) is 13.1 Å². The third-order valence-corrected chi connectivity index (χ3v) is 9.14. The minimum Gasteiger partial charge on any atom is -0.399 e. The van der Waals surface area contributed by atoms with Gasteiger partial charge in [0.15, 0.2) is 0 Å². The Bertz CT molecular complexity index is 1330. The second-order valence-electron chi connectivity index (χ2n) is 12.4. The zero-order chi connectivity index (χ0) is 32.6. The molecular formula is C38H53N5O2. The standard InChI is InChI=1S/C34H46N2O.C4H7N3O/c1-5-7-10-13-28-24-29-23-25(3)17-18-32(29)33(26(4)31(28)16-8-6-2)27-19-21-36(22-20-27)34(37)35-30-14-11-9-12-15-30;1-3-4(2)8-7-6-5/h5-6,8,16-18,23-24,27,30,33H,1,4,7,9-15,19-22H2,2-3H3,(H,35,37);3H,1-2H3/b8-6-,31-16+;4-3+. The van der Waals surface area contributed by atoms with E-state index in [9.17, 15) is 4.79 Å². The highest BCUT2D eigenvalue weighted by Gasteiger charge is 2.35. The Balaban J connectivity index is 0.000000610. The molecule has 0 aromatic heterocycles. The molecule has 0 radical (unpaired) electrons. The van der Waals surface area contributed by atoms with Gasteiger partial charge in [0.25, 0.3) is 0 Å². The number of fused-ring (bicyclic) bond motifs is 1. The molecule has 2 aliphatic carbocycles. The predicted octanol–water partition coefficient (Wildman–Crippen LogP) is 10.8. The lowest BCUT2D eigenvalue weighted by Crippen LogP contribution is -2.48. The zero-order valence-corrected chi connectivity index (χ0v) is 27.9. The molecule has 242 valence electrons. The highest BCUT2D eigenvalue weighted by atomic mass is 16.6. The first-order chi connectivity index (χ1) is 21.8. The number of piperidine rings is 1. The first-order valence-electron chi connectivity index (χ1n) is 16.7. The van der Waals surface area contributed by atoms with Crippen molar-refractivity contribution < 1.29 is 9.63 Å². The van der Waals surface area contributed by atoms with Crippen molar-refractivity contribution in [1.82, 2.24) is 10.2 Å². The minimum absolute atomic E-state index is 0.140. The third kappa shape index (κ3) is 10.6. The van der Waals surface area contributed by atoms with Gasteiger partial charge in [0.1, 0.15) is 11.0 Å². The highest BCUT2D eigenvalue weighted by molar-refractivity contribution is 5.75. The molecule has 2 fully saturated rings. The molecule has 1 aliphatic heterocycles. The van der Waals surface area contributed by atoms with Crippen LogP contribution in [0.1, 0.15) is 108 Å². The van der Waals surface area contributed by atoms with Crippen LogP contribution in [0.2, 0.25) is 0 Å². The number of azide groups is 1. The molecule has 2 amide bonds. The summed E-state index contributed by atoms with van der Waals surface area (Å²) in [5, 5.41) is 6.18. The molecule has 1 saturated carbocycles. The van der Waals surface area contributed by atoms with Crippen molar-refractivity contribution in [2.24, 2.45) is 11.2 Å². The molecule has 1 aromatic rings. The van der Waals surface area contributed by atoms with Crippen LogP contribution in [0.25, 0.3) is 16.5 Å². The SMILES string of the molecule is C/C=C(\C)ON=[N+]=[N-].C=CCCCC1=Cc2cc(C)ccc2C(C2CCN(C(=O)NC3CCCCC3)CC2)C(=C)/C1=C\C=C/C. The molecule has 1 saturated heterocycles. The van der Waals surface area contributed by atoms with Crippen LogP contribution in [0.3, 0.4) is 0 Å². The fourth-order valence-electron chi connectivity index (χ4n) is 6.60. The summed E-state index contributed by atoms with van der Waals surface area (Å²) < 4.78 is 0. The van der Waals surface area contributed by atoms with E-state index in [1.165, 1.54) is 52.7 Å². The largest absolute Gasteiger partial charge is 0.399 e. The van der Waals surface area contributed by atoms with E-state index in [0.29, 0.717) is 17.7 Å². The van der Waals surface area contributed by atoms with Crippen LogP contribution >= 0.6 is 0 Å². The lowest BCUT2D eigenvalue weighted by atomic mass is 9.73. The maximum atomic E-state index is 13.0. The smallest absolute Gasteiger partial charge is 0.317 e. The third-order valence-electron chi connectivity index (χ3n) is 9.14. The molecule has 1 unspecified atom stereocenters. The van der Waals surface area contributed by atoms with Crippen LogP contribution in [0, 0.1) is 12.8 Å². The van der Waals surface area contributed by atoms with Gasteiger partial charge in [-0.15, -0.1) is 6.58 Å². The van der Waals surface area contributed by atoms with E-state index in [2.05, 4.69) is 88.2 Å². The number of nitrogens with zero attached hydrogens (tertiary/aromatic N) is 4. The molecule has 7 heteroatoms. The fourth-order valence-corrected chi connectivity index (χ4v) is 6.60. The van der Waals surface area contributed by atoms with E-state index in [-0.39, 0.29) is 11.9 Å². The molecule has 3 aliphatic rings. The summed E-state index contributed by atoms with van der Waals surface area (Å²) in [6.07, 6.45) is 23.8. The number of aryl methyl sites for hydroxylation is 1. The van der Waals surface area contributed by atoms with E-state index >= 15 is 0 Å². The molecule has 1 aromatic carbocycles. The van der Waals surface area contributed by atoms with Crippen LogP contribution in [0.4, 0.5) is 4.79 Å². The van der Waals surface area contributed by atoms with Crippen molar-refractivity contribution >= 4 is 12.1 Å². The Labute approximate surface area is 271 Å². The lowest BCUT2D eigenvalue weighted by Gasteiger charge is -2.38. The van der Waals surface area contributed by atoms with Gasteiger partial charge in [0.05, 0.1) is 0 Å². The normalized spacial score (nSPS) is 20.4. The van der Waals surface area contributed by atoms with E-state index in [1.54, 1.807) is 19.9 Å². The quantitative estimate of drug-likeness (QED) is 0.0572. The van der Waals surface area contributed by atoms with Crippen molar-refractivity contribution in [2.45, 2.75) is 104 Å². The summed E-state index contributed by atoms with van der Waals surface area (Å²) in [5.41, 5.74) is 15.6. The van der Waals surface area contributed by atoms with Gasteiger partial charge in [-0.25, -0.2) is 4.79 Å². The summed E-state index contributed by atoms with van der Waals surface area (Å²) in [5.74, 6) is 1.34. The van der Waals surface area contributed by atoms with Gasteiger partial charge in [-0.1, -0.05) is 80.0 Å². The van der Waals surface area contributed by atoms with Crippen LogP contribution < -0.4 is 5.32 Å². The number of benzene rings is 1. The first kappa shape index (κ1) is 35.5. The molecule has 0 spiro atoms. The van der Waals surface area contributed by atoms with Crippen LogP contribution in [-0.2, 0) is 4.84 Å². The average Bonchev–Trinajstić information content (AvgIpc) is 3.16. The Morgan fingerprint density at radius 2 is 1.91 bits per heavy atom. The molecule has 4 rings (SSSR count). The van der Waals surface area contributed by atoms with Gasteiger partial charge in [-0.3, -0.25) is 0 Å². The van der Waals surface area contributed by atoms with E-state index < -0.39 is 0 Å². The van der Waals surface area contributed by atoms with E-state index in [0.717, 1.165) is 58.0 Å². The summed E-state index contributed by atoms with van der Waals surface area (Å²) in [6, 6.07) is 7.42. The van der Waals surface area contributed by atoms with Gasteiger partial charge in [0, 0.05) is 30.0 Å². The summed E-state index contributed by atoms with van der Waals surface area (Å²) in [7, 11) is 0. The second kappa shape index (κ2) is 18.8. The first-order valence-corrected chi connectivity index (χ1v) is 16.7. The Kier molecular flexibility index (Phi) is 14.8. The summed E-state index contributed by atoms with van der Waals surface area (Å²) >= 11 is 0. The maximum Gasteiger partial charge on any atom is 0.317 e. The van der Waals surface area contributed by atoms with Crippen LogP contribution in [0.5, 0.6) is 0 Å². The maximum absolute atomic E-state index is 13.0. The predicted molar refractivity (Wildman–Crippen MR) is 187 cm³/mol. The minimum atomic E-state index is 0.140. The molecule has 0 bridgehead atoms. The summed E-state index contributed by atoms with van der Waals surface area (Å²) in [4.78, 5) is 21.9. The molecular weight excluding hydrogens is 558 g/mol. The highest BCUT2D eigenvalue weighted by Crippen LogP contribution is 2.46. The van der Waals surface area contributed by atoms with Gasteiger partial charge in [-0.2, -0.15) is 0 Å². The number of carbonyl (C=O) groups excluding carboxylic acids is 1. The number of hydrogen-bond acceptors (Lipinski definition) is 3. The van der Waals surface area contributed by atoms with Crippen LogP contribution in [0.15, 0.2) is 89.5 Å².